The first kappa shape index (κ1) is 26.3. The summed E-state index contributed by atoms with van der Waals surface area (Å²) in [5.74, 6) is -0.533. The number of hydrogen-bond acceptors (Lipinski definition) is 10. The number of methoxy groups -OCH3 is 1. The molecule has 0 radical (unpaired) electrons. The Hall–Kier alpha value is -2.93. The minimum absolute atomic E-state index is 0.0604. The summed E-state index contributed by atoms with van der Waals surface area (Å²) in [5.41, 5.74) is -1.76. The monoisotopic (exact) mass is 471 g/mol. The van der Waals surface area contributed by atoms with Gasteiger partial charge in [-0.1, -0.05) is 6.92 Å². The normalized spacial score (nSPS) is 22.8. The third-order valence-electron chi connectivity index (χ3n) is 4.99. The molecule has 1 fully saturated rings. The van der Waals surface area contributed by atoms with Gasteiger partial charge in [-0.25, -0.2) is 14.4 Å². The van der Waals surface area contributed by atoms with Gasteiger partial charge in [0.05, 0.1) is 19.8 Å². The van der Waals surface area contributed by atoms with Crippen LogP contribution in [0.2, 0.25) is 0 Å². The van der Waals surface area contributed by atoms with Crippen LogP contribution in [-0.2, 0) is 19.8 Å². The highest BCUT2D eigenvalue weighted by atomic mass is 16.6. The van der Waals surface area contributed by atoms with Gasteiger partial charge in [0.15, 0.2) is 6.04 Å². The van der Waals surface area contributed by atoms with Gasteiger partial charge >= 0.3 is 18.1 Å². The summed E-state index contributed by atoms with van der Waals surface area (Å²) in [7, 11) is 1.14. The molecular weight excluding hydrogens is 438 g/mol. The molecular formula is C20H33N5O8. The van der Waals surface area contributed by atoms with Gasteiger partial charge in [-0.05, 0) is 46.5 Å². The number of rotatable bonds is 8. The third kappa shape index (κ3) is 6.78. The Morgan fingerprint density at radius 1 is 1.24 bits per heavy atom. The predicted molar refractivity (Wildman–Crippen MR) is 113 cm³/mol. The number of carbonyl (C=O) groups is 3. The Kier molecular flexibility index (Phi) is 8.25. The van der Waals surface area contributed by atoms with Gasteiger partial charge in [0.1, 0.15) is 17.2 Å². The van der Waals surface area contributed by atoms with Crippen LogP contribution in [0.25, 0.3) is 0 Å². The predicted octanol–water partition coefficient (Wildman–Crippen LogP) is 0.475. The third-order valence-corrected chi connectivity index (χ3v) is 4.99. The van der Waals surface area contributed by atoms with E-state index in [0.29, 0.717) is 12.8 Å². The summed E-state index contributed by atoms with van der Waals surface area (Å²) in [5, 5.41) is 35.0. The van der Waals surface area contributed by atoms with Crippen molar-refractivity contribution < 1.29 is 38.5 Å². The van der Waals surface area contributed by atoms with Gasteiger partial charge in [0, 0.05) is 0 Å². The molecule has 3 atom stereocenters. The Balaban J connectivity index is 2.18. The molecule has 0 spiro atoms. The molecule has 3 amide bonds. The fraction of sp³-hybridized carbons (Fsp3) is 0.750. The molecule has 5 N–H and O–H groups in total. The van der Waals surface area contributed by atoms with Crippen LogP contribution >= 0.6 is 0 Å². The number of nitrogens with zero attached hydrogens (tertiary/aromatic N) is 2. The molecule has 13 heteroatoms. The van der Waals surface area contributed by atoms with Crippen molar-refractivity contribution in [3.05, 3.63) is 11.8 Å². The van der Waals surface area contributed by atoms with Crippen molar-refractivity contribution in [2.75, 3.05) is 13.7 Å². The van der Waals surface area contributed by atoms with Crippen molar-refractivity contribution in [1.82, 2.24) is 26.1 Å². The van der Waals surface area contributed by atoms with E-state index in [1.165, 1.54) is 6.92 Å². The van der Waals surface area contributed by atoms with Crippen LogP contribution in [0.4, 0.5) is 9.59 Å². The SMILES string of the molecule is COC(=O)[C@H](CO)NC(=O)NC1(c2nnc([C@@H](NC(=O)OC(C)(C)C)[C@@H](C)O)o2)CC(C)C1. The number of amides is 3. The molecule has 1 aliphatic carbocycles. The highest BCUT2D eigenvalue weighted by molar-refractivity contribution is 5.84. The first-order valence-corrected chi connectivity index (χ1v) is 10.6. The Bertz CT molecular complexity index is 844. The second-order valence-electron chi connectivity index (χ2n) is 9.26. The first-order valence-electron chi connectivity index (χ1n) is 10.6. The van der Waals surface area contributed by atoms with Crippen molar-refractivity contribution in [2.24, 2.45) is 5.92 Å². The van der Waals surface area contributed by atoms with Gasteiger partial charge in [0.25, 0.3) is 0 Å². The van der Waals surface area contributed by atoms with E-state index < -0.39 is 54.0 Å². The number of carbonyl (C=O) groups excluding carboxylic acids is 3. The molecule has 0 bridgehead atoms. The second-order valence-corrected chi connectivity index (χ2v) is 9.26. The smallest absolute Gasteiger partial charge is 0.408 e. The Labute approximate surface area is 191 Å². The van der Waals surface area contributed by atoms with Crippen molar-refractivity contribution >= 4 is 18.1 Å². The van der Waals surface area contributed by atoms with Crippen LogP contribution < -0.4 is 16.0 Å². The zero-order chi connectivity index (χ0) is 25.0. The molecule has 1 heterocycles. The molecule has 1 aromatic heterocycles. The van der Waals surface area contributed by atoms with Crippen molar-refractivity contribution in [2.45, 2.75) is 76.8 Å². The molecule has 2 rings (SSSR count). The summed E-state index contributed by atoms with van der Waals surface area (Å²) < 4.78 is 15.5. The van der Waals surface area contributed by atoms with Crippen LogP contribution in [0.15, 0.2) is 4.42 Å². The molecule has 0 saturated heterocycles. The largest absolute Gasteiger partial charge is 0.467 e. The maximum absolute atomic E-state index is 12.5. The van der Waals surface area contributed by atoms with Gasteiger partial charge in [0.2, 0.25) is 11.8 Å². The van der Waals surface area contributed by atoms with Crippen LogP contribution in [0.1, 0.15) is 65.3 Å². The molecule has 1 saturated carbocycles. The van der Waals surface area contributed by atoms with Crippen molar-refractivity contribution in [3.8, 4) is 0 Å². The van der Waals surface area contributed by atoms with E-state index in [2.05, 4.69) is 30.9 Å². The summed E-state index contributed by atoms with van der Waals surface area (Å²) >= 11 is 0. The van der Waals surface area contributed by atoms with Crippen LogP contribution in [0.5, 0.6) is 0 Å². The second kappa shape index (κ2) is 10.3. The number of nitrogens with one attached hydrogen (secondary N) is 3. The number of hydrogen-bond donors (Lipinski definition) is 5. The lowest BCUT2D eigenvalue weighted by Gasteiger charge is -2.44. The van der Waals surface area contributed by atoms with E-state index in [0.717, 1.165) is 7.11 Å². The van der Waals surface area contributed by atoms with E-state index in [-0.39, 0.29) is 17.7 Å². The lowest BCUT2D eigenvalue weighted by atomic mass is 9.69. The lowest BCUT2D eigenvalue weighted by Crippen LogP contribution is -2.59. The fourth-order valence-electron chi connectivity index (χ4n) is 3.57. The maximum atomic E-state index is 12.5. The standard InChI is InChI=1S/C20H33N5O8/c1-10-7-20(8-10,23-17(29)21-12(9-26)15(28)31-6)16-25-24-14(32-16)13(11(2)27)22-18(30)33-19(3,4)5/h10-13,26-27H,7-9H2,1-6H3,(H,22,30)(H2,21,23,29)/t10?,11-,12+,13+,20?/m1/s1. The van der Waals surface area contributed by atoms with Crippen LogP contribution in [-0.4, -0.2) is 70.0 Å². The average Bonchev–Trinajstić information content (AvgIpc) is 3.16. The fourth-order valence-corrected chi connectivity index (χ4v) is 3.57. The number of esters is 1. The molecule has 0 aromatic carbocycles. The molecule has 33 heavy (non-hydrogen) atoms. The van der Waals surface area contributed by atoms with Crippen molar-refractivity contribution in [1.29, 1.82) is 0 Å². The molecule has 0 unspecified atom stereocenters. The van der Waals surface area contributed by atoms with Gasteiger partial charge in [-0.2, -0.15) is 0 Å². The van der Waals surface area contributed by atoms with Crippen LogP contribution in [0.3, 0.4) is 0 Å². The summed E-state index contributed by atoms with van der Waals surface area (Å²) in [6.07, 6.45) is -0.898. The molecule has 1 aliphatic rings. The first-order chi connectivity index (χ1) is 15.3. The summed E-state index contributed by atoms with van der Waals surface area (Å²) in [6.45, 7) is 7.89. The van der Waals surface area contributed by atoms with Crippen LogP contribution in [0, 0.1) is 5.92 Å². The van der Waals surface area contributed by atoms with Crippen molar-refractivity contribution in [3.63, 3.8) is 0 Å². The topological polar surface area (TPSA) is 185 Å². The minimum Gasteiger partial charge on any atom is -0.467 e. The zero-order valence-electron chi connectivity index (χ0n) is 19.7. The number of aromatic nitrogens is 2. The maximum Gasteiger partial charge on any atom is 0.408 e. The van der Waals surface area contributed by atoms with E-state index in [1.54, 1.807) is 20.8 Å². The van der Waals surface area contributed by atoms with Gasteiger partial charge < -0.3 is 40.1 Å². The van der Waals surface area contributed by atoms with E-state index in [1.807, 2.05) is 6.92 Å². The lowest BCUT2D eigenvalue weighted by molar-refractivity contribution is -0.143. The zero-order valence-corrected chi connectivity index (χ0v) is 19.7. The number of ether oxygens (including phenoxy) is 2. The molecule has 13 nitrogen and oxygen atoms in total. The number of alkyl carbamates (subject to hydrolysis) is 1. The molecule has 0 aliphatic heterocycles. The Morgan fingerprint density at radius 2 is 1.88 bits per heavy atom. The number of aliphatic hydroxyl groups is 2. The quantitative estimate of drug-likeness (QED) is 0.334. The number of urea groups is 1. The van der Waals surface area contributed by atoms with E-state index in [9.17, 15) is 24.6 Å². The van der Waals surface area contributed by atoms with E-state index in [4.69, 9.17) is 9.15 Å². The number of aliphatic hydroxyl groups excluding tert-OH is 2. The highest BCUT2D eigenvalue weighted by Gasteiger charge is 2.50. The summed E-state index contributed by atoms with van der Waals surface area (Å²) in [4.78, 5) is 36.3. The Morgan fingerprint density at radius 3 is 2.36 bits per heavy atom. The molecule has 186 valence electrons. The van der Waals surface area contributed by atoms with E-state index >= 15 is 0 Å². The van der Waals surface area contributed by atoms with Gasteiger partial charge in [-0.15, -0.1) is 10.2 Å². The highest BCUT2D eigenvalue weighted by Crippen LogP contribution is 2.45. The molecule has 1 aromatic rings. The summed E-state index contributed by atoms with van der Waals surface area (Å²) in [6, 6.07) is -3.01. The average molecular weight is 472 g/mol. The minimum atomic E-state index is -1.24. The van der Waals surface area contributed by atoms with Gasteiger partial charge in [-0.3, -0.25) is 0 Å².